The first kappa shape index (κ1) is 12.1. The minimum Gasteiger partial charge on any atom is -0.468 e. The van der Waals surface area contributed by atoms with E-state index in [1.165, 1.54) is 11.1 Å². The van der Waals surface area contributed by atoms with Crippen molar-refractivity contribution in [2.45, 2.75) is 32.0 Å². The van der Waals surface area contributed by atoms with Crippen molar-refractivity contribution in [2.75, 3.05) is 0 Å². The number of aromatic nitrogens is 2. The van der Waals surface area contributed by atoms with Crippen LogP contribution < -0.4 is 4.74 Å². The fourth-order valence-electron chi connectivity index (χ4n) is 2.46. The Hall–Kier alpha value is -1.94. The Morgan fingerprint density at radius 3 is 2.89 bits per heavy atom. The Morgan fingerprint density at radius 1 is 1.21 bits per heavy atom. The lowest BCUT2D eigenvalue weighted by molar-refractivity contribution is 0.174. The maximum Gasteiger partial charge on any atom is 0.232 e. The molecule has 3 rings (SSSR count). The molecule has 0 fully saturated rings. The highest BCUT2D eigenvalue weighted by atomic mass is 16.5. The summed E-state index contributed by atoms with van der Waals surface area (Å²) in [6.45, 7) is -0.0977. The van der Waals surface area contributed by atoms with Crippen molar-refractivity contribution in [2.24, 2.45) is 0 Å². The van der Waals surface area contributed by atoms with Crippen molar-refractivity contribution in [3.8, 4) is 5.88 Å². The molecular formula is C15H16N2O2. The zero-order valence-electron chi connectivity index (χ0n) is 10.6. The molecule has 1 aromatic carbocycles. The molecule has 2 aromatic rings. The summed E-state index contributed by atoms with van der Waals surface area (Å²) in [6.07, 6.45) is 6.42. The van der Waals surface area contributed by atoms with Gasteiger partial charge in [-0.2, -0.15) is 0 Å². The van der Waals surface area contributed by atoms with Gasteiger partial charge in [-0.05, 0) is 30.4 Å². The molecule has 4 heteroatoms. The number of aryl methyl sites for hydroxylation is 1. The largest absolute Gasteiger partial charge is 0.468 e. The van der Waals surface area contributed by atoms with Crippen LogP contribution in [-0.2, 0) is 13.0 Å². The maximum atomic E-state index is 8.94. The fourth-order valence-corrected chi connectivity index (χ4v) is 2.46. The summed E-state index contributed by atoms with van der Waals surface area (Å²) in [6, 6.07) is 8.39. The van der Waals surface area contributed by atoms with E-state index in [1.807, 2.05) is 6.07 Å². The normalized spacial score (nSPS) is 17.8. The third-order valence-corrected chi connectivity index (χ3v) is 3.42. The highest BCUT2D eigenvalue weighted by Crippen LogP contribution is 2.32. The first-order valence-corrected chi connectivity index (χ1v) is 6.53. The van der Waals surface area contributed by atoms with Crippen LogP contribution in [0.2, 0.25) is 0 Å². The number of ether oxygens (including phenoxy) is 1. The van der Waals surface area contributed by atoms with Crippen LogP contribution in [0.1, 0.15) is 35.8 Å². The van der Waals surface area contributed by atoms with Gasteiger partial charge >= 0.3 is 0 Å². The summed E-state index contributed by atoms with van der Waals surface area (Å²) >= 11 is 0. The predicted molar refractivity (Wildman–Crippen MR) is 70.7 cm³/mol. The molecule has 0 bridgehead atoms. The molecule has 1 N–H and O–H groups in total. The summed E-state index contributed by atoms with van der Waals surface area (Å²) in [5.41, 5.74) is 3.16. The Kier molecular flexibility index (Phi) is 3.42. The summed E-state index contributed by atoms with van der Waals surface area (Å²) in [5.74, 6) is 0.513. The molecule has 19 heavy (non-hydrogen) atoms. The van der Waals surface area contributed by atoms with Crippen molar-refractivity contribution < 1.29 is 9.84 Å². The molecule has 1 aliphatic rings. The Bertz CT molecular complexity index is 554. The molecule has 1 heterocycles. The lowest BCUT2D eigenvalue weighted by atomic mass is 9.89. The first-order valence-electron chi connectivity index (χ1n) is 6.53. The monoisotopic (exact) mass is 256 g/mol. The number of hydrogen-bond donors (Lipinski definition) is 1. The van der Waals surface area contributed by atoms with Gasteiger partial charge in [-0.1, -0.05) is 24.3 Å². The number of hydrogen-bond acceptors (Lipinski definition) is 4. The van der Waals surface area contributed by atoms with Gasteiger partial charge in [-0.25, -0.2) is 4.98 Å². The maximum absolute atomic E-state index is 8.94. The molecular weight excluding hydrogens is 240 g/mol. The van der Waals surface area contributed by atoms with Gasteiger partial charge in [0, 0.05) is 0 Å². The smallest absolute Gasteiger partial charge is 0.232 e. The second-order valence-electron chi connectivity index (χ2n) is 4.70. The van der Waals surface area contributed by atoms with E-state index < -0.39 is 0 Å². The number of aliphatic hydroxyl groups excluding tert-OH is 1. The van der Waals surface area contributed by atoms with Gasteiger partial charge in [0.25, 0.3) is 0 Å². The van der Waals surface area contributed by atoms with Crippen molar-refractivity contribution >= 4 is 0 Å². The molecule has 1 unspecified atom stereocenters. The Balaban J connectivity index is 1.80. The number of aliphatic hydroxyl groups is 1. The van der Waals surface area contributed by atoms with Crippen molar-refractivity contribution in [3.63, 3.8) is 0 Å². The van der Waals surface area contributed by atoms with Crippen LogP contribution in [-0.4, -0.2) is 15.1 Å². The lowest BCUT2D eigenvalue weighted by Gasteiger charge is -2.25. The van der Waals surface area contributed by atoms with Crippen LogP contribution in [0.15, 0.2) is 36.7 Å². The average Bonchev–Trinajstić information content (AvgIpc) is 2.48. The van der Waals surface area contributed by atoms with Crippen molar-refractivity contribution in [1.29, 1.82) is 0 Å². The second kappa shape index (κ2) is 5.36. The zero-order valence-corrected chi connectivity index (χ0v) is 10.6. The molecule has 0 aliphatic heterocycles. The van der Waals surface area contributed by atoms with Gasteiger partial charge in [-0.15, -0.1) is 0 Å². The Morgan fingerprint density at radius 2 is 2.11 bits per heavy atom. The van der Waals surface area contributed by atoms with Crippen LogP contribution in [0.4, 0.5) is 0 Å². The minimum atomic E-state index is -0.0977. The number of nitrogens with zero attached hydrogens (tertiary/aromatic N) is 2. The lowest BCUT2D eigenvalue weighted by Crippen LogP contribution is -2.15. The van der Waals surface area contributed by atoms with E-state index in [9.17, 15) is 0 Å². The summed E-state index contributed by atoms with van der Waals surface area (Å²) < 4.78 is 5.93. The predicted octanol–water partition coefficient (Wildman–Crippen LogP) is 2.43. The molecule has 0 radical (unpaired) electrons. The highest BCUT2D eigenvalue weighted by molar-refractivity contribution is 5.31. The van der Waals surface area contributed by atoms with Crippen LogP contribution in [0.5, 0.6) is 5.88 Å². The standard InChI is InChI=1S/C15H16N2O2/c18-10-12-8-17-15(9-16-12)19-14-7-3-5-11-4-1-2-6-13(11)14/h1-2,4,6,8-9,14,18H,3,5,7,10H2. The molecule has 0 spiro atoms. The number of benzene rings is 1. The average molecular weight is 256 g/mol. The van der Waals surface area contributed by atoms with Crippen LogP contribution in [0.3, 0.4) is 0 Å². The van der Waals surface area contributed by atoms with Gasteiger partial charge in [-0.3, -0.25) is 4.98 Å². The molecule has 0 saturated carbocycles. The van der Waals surface area contributed by atoms with Gasteiger partial charge < -0.3 is 9.84 Å². The van der Waals surface area contributed by atoms with Gasteiger partial charge in [0.2, 0.25) is 5.88 Å². The number of fused-ring (bicyclic) bond motifs is 1. The third kappa shape index (κ3) is 2.58. The van der Waals surface area contributed by atoms with E-state index in [1.54, 1.807) is 12.4 Å². The van der Waals surface area contributed by atoms with Crippen molar-refractivity contribution in [1.82, 2.24) is 9.97 Å². The van der Waals surface area contributed by atoms with E-state index in [2.05, 4.69) is 28.2 Å². The highest BCUT2D eigenvalue weighted by Gasteiger charge is 2.21. The molecule has 0 amide bonds. The van der Waals surface area contributed by atoms with Crippen LogP contribution >= 0.6 is 0 Å². The van der Waals surface area contributed by atoms with E-state index in [0.717, 1.165) is 19.3 Å². The quantitative estimate of drug-likeness (QED) is 0.916. The summed E-state index contributed by atoms with van der Waals surface area (Å²) in [4.78, 5) is 8.25. The van der Waals surface area contributed by atoms with Crippen LogP contribution in [0, 0.1) is 0 Å². The molecule has 98 valence electrons. The molecule has 4 nitrogen and oxygen atoms in total. The topological polar surface area (TPSA) is 55.2 Å². The van der Waals surface area contributed by atoms with Gasteiger partial charge in [0.15, 0.2) is 0 Å². The summed E-state index contributed by atoms with van der Waals surface area (Å²) in [7, 11) is 0. The molecule has 1 aliphatic carbocycles. The van der Waals surface area contributed by atoms with E-state index in [0.29, 0.717) is 11.6 Å². The summed E-state index contributed by atoms with van der Waals surface area (Å²) in [5, 5.41) is 8.94. The minimum absolute atomic E-state index is 0.0548. The molecule has 1 aromatic heterocycles. The number of rotatable bonds is 3. The SMILES string of the molecule is OCc1cnc(OC2CCCc3ccccc32)cn1. The van der Waals surface area contributed by atoms with Gasteiger partial charge in [0.1, 0.15) is 6.10 Å². The first-order chi connectivity index (χ1) is 9.36. The second-order valence-corrected chi connectivity index (χ2v) is 4.70. The van der Waals surface area contributed by atoms with E-state index in [4.69, 9.17) is 9.84 Å². The van der Waals surface area contributed by atoms with Gasteiger partial charge in [0.05, 0.1) is 24.7 Å². The molecule has 0 saturated heterocycles. The van der Waals surface area contributed by atoms with Crippen LogP contribution in [0.25, 0.3) is 0 Å². The Labute approximate surface area is 112 Å². The zero-order chi connectivity index (χ0) is 13.1. The van der Waals surface area contributed by atoms with Crippen molar-refractivity contribution in [3.05, 3.63) is 53.5 Å². The third-order valence-electron chi connectivity index (χ3n) is 3.42. The fraction of sp³-hybridized carbons (Fsp3) is 0.333. The molecule has 1 atom stereocenters. The van der Waals surface area contributed by atoms with E-state index in [-0.39, 0.29) is 12.7 Å². The van der Waals surface area contributed by atoms with E-state index >= 15 is 0 Å².